The van der Waals surface area contributed by atoms with Crippen molar-refractivity contribution >= 4 is 29.0 Å². The number of imidazole rings is 1. The van der Waals surface area contributed by atoms with Gasteiger partial charge in [-0.1, -0.05) is 26.1 Å². The first-order valence-electron chi connectivity index (χ1n) is 12.1. The van der Waals surface area contributed by atoms with Gasteiger partial charge >= 0.3 is 0 Å². The van der Waals surface area contributed by atoms with E-state index in [4.69, 9.17) is 17.0 Å². The zero-order valence-electron chi connectivity index (χ0n) is 20.8. The smallest absolute Gasteiger partial charge is 0.243 e. The molecule has 2 heterocycles. The largest absolute Gasteiger partial charge is 0.377 e. The predicted molar refractivity (Wildman–Crippen MR) is 136 cm³/mol. The summed E-state index contributed by atoms with van der Waals surface area (Å²) in [5, 5.41) is 5.60. The van der Waals surface area contributed by atoms with Crippen LogP contribution >= 0.6 is 12.2 Å². The first-order chi connectivity index (χ1) is 17.1. The molecule has 196 valence electrons. The van der Waals surface area contributed by atoms with Crippen LogP contribution in [0.5, 0.6) is 0 Å². The van der Waals surface area contributed by atoms with Crippen molar-refractivity contribution < 1.29 is 23.1 Å². The molecule has 11 heteroatoms. The molecule has 1 aliphatic heterocycles. The van der Waals surface area contributed by atoms with Crippen LogP contribution in [0.25, 0.3) is 11.3 Å². The zero-order chi connectivity index (χ0) is 26.2. The standard InChI is InChI=1S/C25H33F2N5O3S/c1-15(2)4-7-23(33)31-20(11-24(36)32-8-9-35-14-16(32)3)25(34)29-13-22-28-12-21(30-22)18-6-5-17(26)10-19(18)27/h5-6,10,12,15-16,20H,4,7-9,11,13-14H2,1-3H3,(H,28,30)(H,29,34)(H,31,33)/t16-,20-/m0/s1. The summed E-state index contributed by atoms with van der Waals surface area (Å²) in [7, 11) is 0. The molecule has 2 aromatic rings. The van der Waals surface area contributed by atoms with Crippen molar-refractivity contribution in [3.8, 4) is 11.3 Å². The van der Waals surface area contributed by atoms with E-state index in [-0.39, 0.29) is 30.5 Å². The van der Waals surface area contributed by atoms with Gasteiger partial charge in [-0.3, -0.25) is 9.59 Å². The molecule has 0 radical (unpaired) electrons. The second-order valence-corrected chi connectivity index (χ2v) is 9.82. The van der Waals surface area contributed by atoms with Crippen molar-refractivity contribution in [2.75, 3.05) is 19.8 Å². The number of benzene rings is 1. The molecule has 0 aliphatic carbocycles. The molecule has 0 saturated carbocycles. The van der Waals surface area contributed by atoms with Gasteiger partial charge in [0.25, 0.3) is 0 Å². The molecule has 0 spiro atoms. The molecule has 36 heavy (non-hydrogen) atoms. The maximum absolute atomic E-state index is 14.1. The number of hydrogen-bond donors (Lipinski definition) is 3. The Kier molecular flexibility index (Phi) is 9.89. The van der Waals surface area contributed by atoms with E-state index in [1.54, 1.807) is 0 Å². The Morgan fingerprint density at radius 3 is 2.81 bits per heavy atom. The van der Waals surface area contributed by atoms with Gasteiger partial charge in [0.05, 0.1) is 42.7 Å². The van der Waals surface area contributed by atoms with Gasteiger partial charge in [0, 0.05) is 31.0 Å². The Hall–Kier alpha value is -2.92. The highest BCUT2D eigenvalue weighted by atomic mass is 32.1. The lowest BCUT2D eigenvalue weighted by molar-refractivity contribution is -0.129. The first-order valence-corrected chi connectivity index (χ1v) is 12.5. The van der Waals surface area contributed by atoms with Gasteiger partial charge in [-0.05, 0) is 31.4 Å². The molecule has 1 fully saturated rings. The van der Waals surface area contributed by atoms with Crippen molar-refractivity contribution in [2.45, 2.75) is 58.7 Å². The number of nitrogens with one attached hydrogen (secondary N) is 3. The monoisotopic (exact) mass is 521 g/mol. The molecule has 0 bridgehead atoms. The highest BCUT2D eigenvalue weighted by molar-refractivity contribution is 7.80. The van der Waals surface area contributed by atoms with E-state index in [0.29, 0.717) is 55.0 Å². The number of ether oxygens (including phenoxy) is 1. The third-order valence-electron chi connectivity index (χ3n) is 5.95. The molecule has 0 unspecified atom stereocenters. The van der Waals surface area contributed by atoms with Gasteiger partial charge in [0.15, 0.2) is 0 Å². The maximum atomic E-state index is 14.1. The van der Waals surface area contributed by atoms with E-state index >= 15 is 0 Å². The summed E-state index contributed by atoms with van der Waals surface area (Å²) in [5.74, 6) is -1.26. The Morgan fingerprint density at radius 2 is 2.11 bits per heavy atom. The molecule has 1 aromatic carbocycles. The number of halogens is 2. The molecule has 1 aromatic heterocycles. The summed E-state index contributed by atoms with van der Waals surface area (Å²) in [4.78, 5) is 35.3. The highest BCUT2D eigenvalue weighted by Gasteiger charge is 2.28. The number of carbonyl (C=O) groups excluding carboxylic acids is 2. The van der Waals surface area contributed by atoms with Gasteiger partial charge in [-0.2, -0.15) is 0 Å². The minimum absolute atomic E-state index is 0.0285. The molecular weight excluding hydrogens is 488 g/mol. The quantitative estimate of drug-likeness (QED) is 0.415. The van der Waals surface area contributed by atoms with Crippen LogP contribution in [0.4, 0.5) is 8.78 Å². The number of rotatable bonds is 10. The topological polar surface area (TPSA) is 99.3 Å². The van der Waals surface area contributed by atoms with Crippen molar-refractivity contribution in [1.82, 2.24) is 25.5 Å². The van der Waals surface area contributed by atoms with Crippen LogP contribution in [0.3, 0.4) is 0 Å². The summed E-state index contributed by atoms with van der Waals surface area (Å²) in [6.07, 6.45) is 2.62. The highest BCUT2D eigenvalue weighted by Crippen LogP contribution is 2.21. The van der Waals surface area contributed by atoms with E-state index in [0.717, 1.165) is 12.1 Å². The SMILES string of the molecule is CC(C)CCC(=O)N[C@@H](CC(=S)N1CCOC[C@@H]1C)C(=O)NCc1ncc(-c2ccc(F)cc2F)[nH]1. The van der Waals surface area contributed by atoms with Crippen molar-refractivity contribution in [1.29, 1.82) is 0 Å². The number of aromatic amines is 1. The molecule has 2 atom stereocenters. The number of carbonyl (C=O) groups is 2. The van der Waals surface area contributed by atoms with Crippen LogP contribution in [0, 0.1) is 17.6 Å². The van der Waals surface area contributed by atoms with Crippen molar-refractivity contribution in [3.63, 3.8) is 0 Å². The number of nitrogens with zero attached hydrogens (tertiary/aromatic N) is 2. The first kappa shape index (κ1) is 27.7. The second kappa shape index (κ2) is 12.9. The summed E-state index contributed by atoms with van der Waals surface area (Å²) in [6, 6.07) is 2.50. The van der Waals surface area contributed by atoms with Gasteiger partial charge in [-0.15, -0.1) is 0 Å². The number of morpholine rings is 1. The Labute approximate surface area is 215 Å². The average Bonchev–Trinajstić information content (AvgIpc) is 3.29. The normalized spacial score (nSPS) is 16.6. The van der Waals surface area contributed by atoms with Gasteiger partial charge in [0.2, 0.25) is 11.8 Å². The lowest BCUT2D eigenvalue weighted by atomic mass is 10.1. The number of hydrogen-bond acceptors (Lipinski definition) is 5. The minimum atomic E-state index is -0.851. The maximum Gasteiger partial charge on any atom is 0.243 e. The van der Waals surface area contributed by atoms with E-state index in [9.17, 15) is 18.4 Å². The molecule has 3 N–H and O–H groups in total. The third-order valence-corrected chi connectivity index (χ3v) is 6.35. The number of thiocarbonyl (C=S) groups is 1. The fourth-order valence-corrected chi connectivity index (χ4v) is 4.31. The van der Waals surface area contributed by atoms with Crippen molar-refractivity contribution in [3.05, 3.63) is 41.9 Å². The van der Waals surface area contributed by atoms with Crippen LogP contribution in [0.1, 0.15) is 45.9 Å². The van der Waals surface area contributed by atoms with Crippen LogP contribution < -0.4 is 10.6 Å². The zero-order valence-corrected chi connectivity index (χ0v) is 21.6. The second-order valence-electron chi connectivity index (χ2n) is 9.35. The predicted octanol–water partition coefficient (Wildman–Crippen LogP) is 3.33. The van der Waals surface area contributed by atoms with Crippen LogP contribution in [0.15, 0.2) is 24.4 Å². The van der Waals surface area contributed by atoms with Crippen LogP contribution in [-0.4, -0.2) is 63.5 Å². The van der Waals surface area contributed by atoms with Crippen molar-refractivity contribution in [2.24, 2.45) is 5.92 Å². The van der Waals surface area contributed by atoms with Gasteiger partial charge in [0.1, 0.15) is 23.5 Å². The Balaban J connectivity index is 1.65. The molecule has 1 saturated heterocycles. The molecular formula is C25H33F2N5O3S. The Bertz CT molecular complexity index is 1080. The summed E-state index contributed by atoms with van der Waals surface area (Å²) in [5.41, 5.74) is 0.527. The summed E-state index contributed by atoms with van der Waals surface area (Å²) >= 11 is 5.62. The third kappa shape index (κ3) is 7.79. The van der Waals surface area contributed by atoms with E-state index < -0.39 is 23.6 Å². The van der Waals surface area contributed by atoms with E-state index in [1.165, 1.54) is 12.3 Å². The molecule has 3 rings (SSSR count). The number of H-pyrrole nitrogens is 1. The lowest BCUT2D eigenvalue weighted by Gasteiger charge is -2.36. The summed E-state index contributed by atoms with van der Waals surface area (Å²) < 4.78 is 32.7. The van der Waals surface area contributed by atoms with Crippen LogP contribution in [-0.2, 0) is 20.9 Å². The fourth-order valence-electron chi connectivity index (χ4n) is 3.88. The Morgan fingerprint density at radius 1 is 1.33 bits per heavy atom. The lowest BCUT2D eigenvalue weighted by Crippen LogP contribution is -2.52. The molecule has 2 amide bonds. The minimum Gasteiger partial charge on any atom is -0.377 e. The molecule has 1 aliphatic rings. The summed E-state index contributed by atoms with van der Waals surface area (Å²) in [6.45, 7) is 7.82. The average molecular weight is 522 g/mol. The van der Waals surface area contributed by atoms with Gasteiger partial charge < -0.3 is 25.3 Å². The van der Waals surface area contributed by atoms with Crippen LogP contribution in [0.2, 0.25) is 0 Å². The van der Waals surface area contributed by atoms with E-state index in [2.05, 4.69) is 20.6 Å². The molecule has 8 nitrogen and oxygen atoms in total. The number of amides is 2. The van der Waals surface area contributed by atoms with Gasteiger partial charge in [-0.25, -0.2) is 13.8 Å². The fraction of sp³-hybridized carbons (Fsp3) is 0.520. The number of aromatic nitrogens is 2. The van der Waals surface area contributed by atoms with E-state index in [1.807, 2.05) is 25.7 Å².